The average Bonchev–Trinajstić information content (AvgIpc) is 2.43. The maximum Gasteiger partial charge on any atom is 0.268 e. The van der Waals surface area contributed by atoms with Crippen molar-refractivity contribution in [1.82, 2.24) is 9.55 Å². The number of carbonyl (C=O) groups is 1. The van der Waals surface area contributed by atoms with E-state index in [1.807, 2.05) is 0 Å². The number of aryl methyl sites for hydroxylation is 1. The van der Waals surface area contributed by atoms with Gasteiger partial charge in [0, 0.05) is 5.69 Å². The molecule has 1 heterocycles. The van der Waals surface area contributed by atoms with Gasteiger partial charge in [-0.25, -0.2) is 4.98 Å². The van der Waals surface area contributed by atoms with Crippen molar-refractivity contribution < 1.29 is 4.79 Å². The Balaban J connectivity index is 2.16. The van der Waals surface area contributed by atoms with Crippen LogP contribution in [0.2, 0.25) is 5.02 Å². The molecule has 6 nitrogen and oxygen atoms in total. The number of nitrogens with zero attached hydrogens (tertiary/aromatic N) is 2. The summed E-state index contributed by atoms with van der Waals surface area (Å²) in [6.07, 6.45) is 1.33. The maximum absolute atomic E-state index is 12.0. The number of nitrogens with two attached hydrogens (primary N) is 1. The third-order valence-corrected chi connectivity index (χ3v) is 3.96. The van der Waals surface area contributed by atoms with Gasteiger partial charge in [-0.05, 0) is 41.1 Å². The second-order valence-electron chi connectivity index (χ2n) is 4.36. The molecule has 0 aliphatic heterocycles. The number of aromatic nitrogens is 2. The maximum atomic E-state index is 12.0. The Morgan fingerprint density at radius 3 is 2.90 bits per heavy atom. The van der Waals surface area contributed by atoms with E-state index in [2.05, 4.69) is 26.2 Å². The summed E-state index contributed by atoms with van der Waals surface area (Å²) in [5.74, 6) is -0.388. The Labute approximate surface area is 134 Å². The molecule has 0 spiro atoms. The number of nitrogen functional groups attached to an aromatic ring is 1. The fourth-order valence-electron chi connectivity index (χ4n) is 1.64. The summed E-state index contributed by atoms with van der Waals surface area (Å²) in [5, 5.41) is 2.95. The van der Waals surface area contributed by atoms with Crippen LogP contribution in [-0.2, 0) is 11.3 Å². The van der Waals surface area contributed by atoms with Crippen molar-refractivity contribution in [1.29, 1.82) is 0 Å². The van der Waals surface area contributed by atoms with Crippen molar-refractivity contribution in [2.75, 3.05) is 11.1 Å². The van der Waals surface area contributed by atoms with Gasteiger partial charge in [-0.3, -0.25) is 14.2 Å². The zero-order chi connectivity index (χ0) is 15.6. The zero-order valence-corrected chi connectivity index (χ0v) is 13.4. The molecule has 2 aromatic rings. The number of carbonyl (C=O) groups excluding carboxylic acids is 1. The van der Waals surface area contributed by atoms with Crippen LogP contribution in [0.3, 0.4) is 0 Å². The highest BCUT2D eigenvalue weighted by molar-refractivity contribution is 9.10. The highest BCUT2D eigenvalue weighted by Crippen LogP contribution is 2.23. The number of anilines is 2. The van der Waals surface area contributed by atoms with Crippen LogP contribution in [-0.4, -0.2) is 15.5 Å². The van der Waals surface area contributed by atoms with Crippen molar-refractivity contribution in [2.24, 2.45) is 0 Å². The molecule has 0 saturated heterocycles. The molecule has 0 fully saturated rings. The van der Waals surface area contributed by atoms with Crippen LogP contribution in [0.1, 0.15) is 5.69 Å². The van der Waals surface area contributed by atoms with Crippen LogP contribution in [0.5, 0.6) is 0 Å². The molecule has 21 heavy (non-hydrogen) atoms. The lowest BCUT2D eigenvalue weighted by Crippen LogP contribution is -2.28. The smallest absolute Gasteiger partial charge is 0.268 e. The lowest BCUT2D eigenvalue weighted by molar-refractivity contribution is -0.116. The Hall–Kier alpha value is -1.86. The first-order valence-electron chi connectivity index (χ1n) is 5.95. The predicted molar refractivity (Wildman–Crippen MR) is 85.4 cm³/mol. The Kier molecular flexibility index (Phi) is 4.64. The summed E-state index contributed by atoms with van der Waals surface area (Å²) in [6.45, 7) is 1.54. The second-order valence-corrected chi connectivity index (χ2v) is 5.56. The van der Waals surface area contributed by atoms with Gasteiger partial charge in [0.05, 0.1) is 22.7 Å². The van der Waals surface area contributed by atoms with Gasteiger partial charge in [-0.15, -0.1) is 0 Å². The first-order valence-corrected chi connectivity index (χ1v) is 7.12. The summed E-state index contributed by atoms with van der Waals surface area (Å²) in [7, 11) is 0. The SMILES string of the molecule is Cc1ncn(CC(=O)Nc2ccc(N)cc2Cl)c(=O)c1Br. The van der Waals surface area contributed by atoms with E-state index >= 15 is 0 Å². The fourth-order valence-corrected chi connectivity index (χ4v) is 2.20. The molecule has 1 aromatic heterocycles. The van der Waals surface area contributed by atoms with Crippen molar-refractivity contribution in [3.63, 3.8) is 0 Å². The van der Waals surface area contributed by atoms with Crippen LogP contribution >= 0.6 is 27.5 Å². The van der Waals surface area contributed by atoms with E-state index in [-0.39, 0.29) is 18.0 Å². The van der Waals surface area contributed by atoms with Gasteiger partial charge < -0.3 is 11.1 Å². The van der Waals surface area contributed by atoms with Crippen molar-refractivity contribution >= 4 is 44.8 Å². The molecule has 2 rings (SSSR count). The molecule has 0 atom stereocenters. The minimum atomic E-state index is -0.388. The molecule has 0 unspecified atom stereocenters. The van der Waals surface area contributed by atoms with E-state index in [4.69, 9.17) is 17.3 Å². The molecule has 0 saturated carbocycles. The largest absolute Gasteiger partial charge is 0.399 e. The molecule has 1 aromatic carbocycles. The number of nitrogens with one attached hydrogen (secondary N) is 1. The van der Waals surface area contributed by atoms with Gasteiger partial charge in [0.1, 0.15) is 11.0 Å². The van der Waals surface area contributed by atoms with E-state index in [1.165, 1.54) is 17.0 Å². The number of rotatable bonds is 3. The third-order valence-electron chi connectivity index (χ3n) is 2.74. The standard InChI is InChI=1S/C13H12BrClN4O2/c1-7-12(14)13(21)19(6-17-7)5-11(20)18-10-3-2-8(16)4-9(10)15/h2-4,6H,5,16H2,1H3,(H,18,20). The summed E-state index contributed by atoms with van der Waals surface area (Å²) < 4.78 is 1.54. The van der Waals surface area contributed by atoms with E-state index in [0.717, 1.165) is 0 Å². The van der Waals surface area contributed by atoms with Crippen molar-refractivity contribution in [2.45, 2.75) is 13.5 Å². The highest BCUT2D eigenvalue weighted by atomic mass is 79.9. The van der Waals surface area contributed by atoms with Gasteiger partial charge in [-0.1, -0.05) is 11.6 Å². The van der Waals surface area contributed by atoms with Crippen LogP contribution in [0.25, 0.3) is 0 Å². The molecular formula is C13H12BrClN4O2. The topological polar surface area (TPSA) is 90.0 Å². The van der Waals surface area contributed by atoms with Gasteiger partial charge in [0.2, 0.25) is 5.91 Å². The molecule has 0 bridgehead atoms. The second kappa shape index (κ2) is 6.28. The normalized spacial score (nSPS) is 10.4. The Bertz CT molecular complexity index is 760. The van der Waals surface area contributed by atoms with Crippen LogP contribution in [0.4, 0.5) is 11.4 Å². The quantitative estimate of drug-likeness (QED) is 0.809. The van der Waals surface area contributed by atoms with Gasteiger partial charge >= 0.3 is 0 Å². The summed E-state index contributed by atoms with van der Waals surface area (Å²) >= 11 is 9.11. The van der Waals surface area contributed by atoms with Crippen molar-refractivity contribution in [3.8, 4) is 0 Å². The number of halogens is 2. The minimum Gasteiger partial charge on any atom is -0.399 e. The van der Waals surface area contributed by atoms with Gasteiger partial charge in [0.15, 0.2) is 0 Å². The molecule has 1 amide bonds. The molecule has 110 valence electrons. The highest BCUT2D eigenvalue weighted by Gasteiger charge is 2.10. The van der Waals surface area contributed by atoms with Gasteiger partial charge in [-0.2, -0.15) is 0 Å². The van der Waals surface area contributed by atoms with Crippen molar-refractivity contribution in [3.05, 3.63) is 50.1 Å². The predicted octanol–water partition coefficient (Wildman–Crippen LogP) is 2.19. The van der Waals surface area contributed by atoms with Gasteiger partial charge in [0.25, 0.3) is 5.56 Å². The molecule has 0 radical (unpaired) electrons. The zero-order valence-electron chi connectivity index (χ0n) is 11.1. The first-order chi connectivity index (χ1) is 9.88. The molecule has 3 N–H and O–H groups in total. The summed E-state index contributed by atoms with van der Waals surface area (Å²) in [6, 6.07) is 4.76. The number of hydrogen-bond donors (Lipinski definition) is 2. The Morgan fingerprint density at radius 2 is 2.24 bits per heavy atom. The van der Waals surface area contributed by atoms with Crippen LogP contribution in [0, 0.1) is 6.92 Å². The number of amides is 1. The monoisotopic (exact) mass is 370 g/mol. The van der Waals surface area contributed by atoms with E-state index in [9.17, 15) is 9.59 Å². The molecule has 0 aliphatic rings. The molecular weight excluding hydrogens is 360 g/mol. The summed E-state index contributed by atoms with van der Waals surface area (Å²) in [4.78, 5) is 27.9. The first kappa shape index (κ1) is 15.5. The number of benzene rings is 1. The summed E-state index contributed by atoms with van der Waals surface area (Å²) in [5.41, 5.74) is 6.76. The average molecular weight is 372 g/mol. The van der Waals surface area contributed by atoms with Crippen LogP contribution in [0.15, 0.2) is 33.8 Å². The lowest BCUT2D eigenvalue weighted by Gasteiger charge is -2.09. The van der Waals surface area contributed by atoms with Crippen LogP contribution < -0.4 is 16.6 Å². The van der Waals surface area contributed by atoms with E-state index < -0.39 is 0 Å². The van der Waals surface area contributed by atoms with E-state index in [0.29, 0.717) is 26.6 Å². The molecule has 8 heteroatoms. The lowest BCUT2D eigenvalue weighted by atomic mass is 10.3. The third kappa shape index (κ3) is 3.62. The minimum absolute atomic E-state index is 0.161. The van der Waals surface area contributed by atoms with E-state index in [1.54, 1.807) is 19.1 Å². The fraction of sp³-hybridized carbons (Fsp3) is 0.154. The molecule has 0 aliphatic carbocycles. The Morgan fingerprint density at radius 1 is 1.52 bits per heavy atom. The number of hydrogen-bond acceptors (Lipinski definition) is 4.